The fourth-order valence-corrected chi connectivity index (χ4v) is 3.89. The van der Waals surface area contributed by atoms with Crippen molar-refractivity contribution in [3.05, 3.63) is 47.5 Å². The second-order valence-electron chi connectivity index (χ2n) is 6.65. The normalized spacial score (nSPS) is 20.7. The number of aromatic nitrogens is 1. The highest BCUT2D eigenvalue weighted by Crippen LogP contribution is 2.35. The van der Waals surface area contributed by atoms with E-state index in [1.807, 2.05) is 24.3 Å². The fourth-order valence-electron chi connectivity index (χ4n) is 3.07. The van der Waals surface area contributed by atoms with Crippen molar-refractivity contribution >= 4 is 39.2 Å². The largest absolute Gasteiger partial charge is 0.496 e. The van der Waals surface area contributed by atoms with Crippen molar-refractivity contribution in [2.75, 3.05) is 25.6 Å². The number of thioether (sulfide) groups is 1. The lowest BCUT2D eigenvalue weighted by Crippen LogP contribution is -2.38. The Labute approximate surface area is 162 Å². The van der Waals surface area contributed by atoms with E-state index in [1.165, 1.54) is 0 Å². The summed E-state index contributed by atoms with van der Waals surface area (Å²) in [5.41, 5.74) is 2.51. The van der Waals surface area contributed by atoms with Gasteiger partial charge in [-0.05, 0) is 42.9 Å². The third-order valence-electron chi connectivity index (χ3n) is 4.72. The lowest BCUT2D eigenvalue weighted by Gasteiger charge is -2.24. The first-order valence-corrected chi connectivity index (χ1v) is 10.0. The van der Waals surface area contributed by atoms with Gasteiger partial charge in [0.1, 0.15) is 5.75 Å². The summed E-state index contributed by atoms with van der Waals surface area (Å²) in [6.45, 7) is 0.990. The number of nitrogens with one attached hydrogen (secondary N) is 1. The molecule has 3 heterocycles. The molecule has 0 bridgehead atoms. The van der Waals surface area contributed by atoms with E-state index in [0.29, 0.717) is 13.2 Å². The van der Waals surface area contributed by atoms with Crippen LogP contribution in [0.3, 0.4) is 0 Å². The Hall–Kier alpha value is -2.31. The molecular formula is C21H22N2O3S. The molecule has 4 rings (SSSR count). The highest BCUT2D eigenvalue weighted by molar-refractivity contribution is 8.10. The smallest absolute Gasteiger partial charge is 0.232 e. The molecule has 0 aliphatic carbocycles. The topological polar surface area (TPSA) is 60.5 Å². The van der Waals surface area contributed by atoms with Crippen LogP contribution >= 0.6 is 11.8 Å². The van der Waals surface area contributed by atoms with Crippen molar-refractivity contribution in [2.45, 2.75) is 19.3 Å². The number of carbonyl (C=O) groups is 1. The van der Waals surface area contributed by atoms with Gasteiger partial charge in [-0.1, -0.05) is 23.9 Å². The molecule has 5 nitrogen and oxygen atoms in total. The van der Waals surface area contributed by atoms with Gasteiger partial charge in [-0.2, -0.15) is 0 Å². The van der Waals surface area contributed by atoms with Gasteiger partial charge in [0.15, 0.2) is 0 Å². The Morgan fingerprint density at radius 2 is 2.19 bits per heavy atom. The number of hydrogen-bond acceptors (Lipinski definition) is 5. The van der Waals surface area contributed by atoms with E-state index in [4.69, 9.17) is 14.5 Å². The molecule has 2 aliphatic rings. The van der Waals surface area contributed by atoms with Crippen LogP contribution in [0, 0.1) is 5.92 Å². The number of rotatable bonds is 4. The van der Waals surface area contributed by atoms with Gasteiger partial charge in [-0.3, -0.25) is 4.79 Å². The SMILES string of the molecule is COc1cc(/C2=C/CCC/C=C/S2)nc2ccc(NC(=O)C3COC3)cc12. The van der Waals surface area contributed by atoms with Gasteiger partial charge in [0.05, 0.1) is 37.5 Å². The summed E-state index contributed by atoms with van der Waals surface area (Å²) in [6, 6.07) is 7.71. The Morgan fingerprint density at radius 1 is 1.30 bits per heavy atom. The number of fused-ring (bicyclic) bond motifs is 1. The zero-order valence-electron chi connectivity index (χ0n) is 15.2. The molecule has 140 valence electrons. The number of methoxy groups -OCH3 is 1. The van der Waals surface area contributed by atoms with Gasteiger partial charge >= 0.3 is 0 Å². The van der Waals surface area contributed by atoms with Gasteiger partial charge in [0, 0.05) is 22.0 Å². The highest BCUT2D eigenvalue weighted by atomic mass is 32.2. The third kappa shape index (κ3) is 4.01. The summed E-state index contributed by atoms with van der Waals surface area (Å²) in [5, 5.41) is 5.97. The van der Waals surface area contributed by atoms with Crippen LogP contribution in [0.5, 0.6) is 5.75 Å². The quantitative estimate of drug-likeness (QED) is 0.837. The minimum absolute atomic E-state index is 0.00740. The number of ether oxygens (including phenoxy) is 2. The second kappa shape index (κ2) is 8.15. The van der Waals surface area contributed by atoms with E-state index in [9.17, 15) is 4.79 Å². The Morgan fingerprint density at radius 3 is 2.96 bits per heavy atom. The van der Waals surface area contributed by atoms with Crippen LogP contribution in [0.25, 0.3) is 15.8 Å². The first kappa shape index (κ1) is 18.1. The number of allylic oxidation sites excluding steroid dienone is 2. The minimum Gasteiger partial charge on any atom is -0.496 e. The van der Waals surface area contributed by atoms with Gasteiger partial charge in [-0.15, -0.1) is 0 Å². The van der Waals surface area contributed by atoms with E-state index >= 15 is 0 Å². The van der Waals surface area contributed by atoms with E-state index in [1.54, 1.807) is 18.9 Å². The first-order valence-electron chi connectivity index (χ1n) is 9.14. The van der Waals surface area contributed by atoms with Crippen molar-refractivity contribution < 1.29 is 14.3 Å². The molecule has 1 saturated heterocycles. The average molecular weight is 382 g/mol. The Balaban J connectivity index is 1.65. The average Bonchev–Trinajstić information content (AvgIpc) is 2.59. The number of pyridine rings is 1. The number of carbonyl (C=O) groups excluding carboxylic acids is 1. The molecule has 0 spiro atoms. The molecule has 27 heavy (non-hydrogen) atoms. The van der Waals surface area contributed by atoms with Gasteiger partial charge in [0.25, 0.3) is 0 Å². The van der Waals surface area contributed by atoms with Crippen molar-refractivity contribution in [2.24, 2.45) is 5.92 Å². The van der Waals surface area contributed by atoms with E-state index in [0.717, 1.165) is 52.2 Å². The maximum absolute atomic E-state index is 12.2. The number of nitrogens with zero attached hydrogens (tertiary/aromatic N) is 1. The van der Waals surface area contributed by atoms with Crippen LogP contribution in [0.1, 0.15) is 25.0 Å². The predicted octanol–water partition coefficient (Wildman–Crippen LogP) is 4.60. The fraction of sp³-hybridized carbons (Fsp3) is 0.333. The van der Waals surface area contributed by atoms with Gasteiger partial charge in [0.2, 0.25) is 5.91 Å². The van der Waals surface area contributed by atoms with Gasteiger partial charge in [-0.25, -0.2) is 4.98 Å². The Kier molecular flexibility index (Phi) is 5.45. The molecule has 0 unspecified atom stereocenters. The van der Waals surface area contributed by atoms with Crippen LogP contribution in [0.4, 0.5) is 5.69 Å². The predicted molar refractivity (Wildman–Crippen MR) is 110 cm³/mol. The Bertz CT molecular complexity index is 919. The van der Waals surface area contributed by atoms with Crippen molar-refractivity contribution in [3.8, 4) is 5.75 Å². The molecular weight excluding hydrogens is 360 g/mol. The van der Waals surface area contributed by atoms with Gasteiger partial charge < -0.3 is 14.8 Å². The number of hydrogen-bond donors (Lipinski definition) is 1. The zero-order chi connectivity index (χ0) is 18.6. The lowest BCUT2D eigenvalue weighted by molar-refractivity contribution is -0.133. The molecule has 0 radical (unpaired) electrons. The van der Waals surface area contributed by atoms with Crippen LogP contribution < -0.4 is 10.1 Å². The molecule has 1 fully saturated rings. The molecule has 1 aromatic carbocycles. The van der Waals surface area contributed by atoms with Crippen molar-refractivity contribution in [1.29, 1.82) is 0 Å². The number of benzene rings is 1. The summed E-state index contributed by atoms with van der Waals surface area (Å²) >= 11 is 1.70. The van der Waals surface area contributed by atoms with Crippen LogP contribution in [0.2, 0.25) is 0 Å². The van der Waals surface area contributed by atoms with Crippen LogP contribution in [-0.4, -0.2) is 31.2 Å². The molecule has 1 N–H and O–H groups in total. The zero-order valence-corrected chi connectivity index (χ0v) is 16.1. The number of anilines is 1. The first-order chi connectivity index (χ1) is 13.2. The molecule has 2 aliphatic heterocycles. The summed E-state index contributed by atoms with van der Waals surface area (Å²) < 4.78 is 10.7. The highest BCUT2D eigenvalue weighted by Gasteiger charge is 2.26. The standard InChI is InChI=1S/C21H22N2O3S/c1-25-19-11-18(20-6-4-2-3-5-9-27-20)23-17-8-7-15(10-16(17)19)22-21(24)14-12-26-13-14/h5-11,14H,2-4,12-13H2,1H3,(H,22,24)/b9-5+,20-6-. The molecule has 0 atom stereocenters. The maximum atomic E-state index is 12.2. The van der Waals surface area contributed by atoms with E-state index in [2.05, 4.69) is 22.9 Å². The molecule has 2 aromatic rings. The summed E-state index contributed by atoms with van der Waals surface area (Å²) in [7, 11) is 1.66. The summed E-state index contributed by atoms with van der Waals surface area (Å²) in [5.74, 6) is 0.692. The number of amides is 1. The van der Waals surface area contributed by atoms with Crippen LogP contribution in [-0.2, 0) is 9.53 Å². The molecule has 0 saturated carbocycles. The summed E-state index contributed by atoms with van der Waals surface area (Å²) in [4.78, 5) is 18.1. The minimum atomic E-state index is -0.0561. The lowest BCUT2D eigenvalue weighted by atomic mass is 10.1. The molecule has 1 amide bonds. The van der Waals surface area contributed by atoms with E-state index in [-0.39, 0.29) is 11.8 Å². The monoisotopic (exact) mass is 382 g/mol. The van der Waals surface area contributed by atoms with Crippen molar-refractivity contribution in [3.63, 3.8) is 0 Å². The maximum Gasteiger partial charge on any atom is 0.232 e. The molecule has 1 aromatic heterocycles. The van der Waals surface area contributed by atoms with Crippen molar-refractivity contribution in [1.82, 2.24) is 4.98 Å². The molecule has 6 heteroatoms. The van der Waals surface area contributed by atoms with E-state index < -0.39 is 0 Å². The van der Waals surface area contributed by atoms with Crippen LogP contribution in [0.15, 0.2) is 41.8 Å². The second-order valence-corrected chi connectivity index (χ2v) is 7.60. The third-order valence-corrected chi connectivity index (χ3v) is 5.67. The summed E-state index contributed by atoms with van der Waals surface area (Å²) in [6.07, 6.45) is 7.77.